The summed E-state index contributed by atoms with van der Waals surface area (Å²) in [4.78, 5) is 23.1. The maximum absolute atomic E-state index is 12.3. The molecule has 0 radical (unpaired) electrons. The zero-order valence-corrected chi connectivity index (χ0v) is 15.8. The molecule has 29 heavy (non-hydrogen) atoms. The van der Waals surface area contributed by atoms with Crippen LogP contribution in [0.4, 0.5) is 4.79 Å². The van der Waals surface area contributed by atoms with Crippen LogP contribution in [0, 0.1) is 0 Å². The number of carbonyl (C=O) groups is 2. The molecule has 1 atom stereocenters. The van der Waals surface area contributed by atoms with Crippen LogP contribution >= 0.6 is 0 Å². The van der Waals surface area contributed by atoms with Gasteiger partial charge < -0.3 is 15.2 Å². The number of nitrogens with zero attached hydrogens (tertiary/aromatic N) is 3. The van der Waals surface area contributed by atoms with E-state index in [9.17, 15) is 9.59 Å². The van der Waals surface area contributed by atoms with Crippen LogP contribution in [-0.2, 0) is 11.3 Å². The Labute approximate surface area is 167 Å². The Hall–Kier alpha value is -3.68. The van der Waals surface area contributed by atoms with Gasteiger partial charge in [-0.05, 0) is 29.2 Å². The van der Waals surface area contributed by atoms with Gasteiger partial charge in [0.25, 0.3) is 0 Å². The molecule has 3 aromatic rings. The number of hydrogen-bond acceptors (Lipinski definition) is 5. The average molecular weight is 392 g/mol. The van der Waals surface area contributed by atoms with Crippen LogP contribution in [-0.4, -0.2) is 44.8 Å². The van der Waals surface area contributed by atoms with Gasteiger partial charge >= 0.3 is 12.1 Å². The third-order valence-corrected chi connectivity index (χ3v) is 4.93. The predicted octanol–water partition coefficient (Wildman–Crippen LogP) is 2.90. The van der Waals surface area contributed by atoms with Crippen molar-refractivity contribution in [2.45, 2.75) is 25.4 Å². The molecule has 8 heteroatoms. The van der Waals surface area contributed by atoms with E-state index in [0.717, 1.165) is 11.1 Å². The maximum atomic E-state index is 12.3. The molecule has 148 valence electrons. The molecule has 1 aliphatic rings. The van der Waals surface area contributed by atoms with E-state index < -0.39 is 12.1 Å². The number of fused-ring (bicyclic) bond motifs is 3. The lowest BCUT2D eigenvalue weighted by Gasteiger charge is -2.17. The second kappa shape index (κ2) is 7.75. The topological polar surface area (TPSA) is 106 Å². The van der Waals surface area contributed by atoms with E-state index in [-0.39, 0.29) is 30.8 Å². The van der Waals surface area contributed by atoms with Gasteiger partial charge in [0.1, 0.15) is 6.61 Å². The molecule has 0 fully saturated rings. The second-order valence-corrected chi connectivity index (χ2v) is 7.00. The second-order valence-electron chi connectivity index (χ2n) is 7.00. The van der Waals surface area contributed by atoms with Gasteiger partial charge in [0, 0.05) is 12.0 Å². The van der Waals surface area contributed by atoms with Gasteiger partial charge in [0.15, 0.2) is 5.69 Å². The van der Waals surface area contributed by atoms with Crippen molar-refractivity contribution in [2.75, 3.05) is 6.61 Å². The number of carboxylic acids is 1. The van der Waals surface area contributed by atoms with E-state index in [4.69, 9.17) is 9.84 Å². The molecule has 1 heterocycles. The van der Waals surface area contributed by atoms with E-state index >= 15 is 0 Å². The van der Waals surface area contributed by atoms with Gasteiger partial charge in [-0.3, -0.25) is 0 Å². The molecule has 2 N–H and O–H groups in total. The van der Waals surface area contributed by atoms with Crippen LogP contribution in [0.2, 0.25) is 0 Å². The molecule has 8 nitrogen and oxygen atoms in total. The number of carbonyl (C=O) groups excluding carboxylic acids is 1. The standard InChI is InChI=1S/C21H20N4O4/c1-13(10-25-11-19(20(26)27)23-24-25)22-21(28)29-12-18-16-8-4-2-6-14(16)15-7-3-5-9-17(15)18/h2-9,11,13,18H,10,12H2,1H3,(H,22,28)(H,26,27)/t13-/m0/s1. The molecule has 0 saturated carbocycles. The molecular weight excluding hydrogens is 372 g/mol. The Morgan fingerprint density at radius 1 is 1.14 bits per heavy atom. The maximum Gasteiger partial charge on any atom is 0.407 e. The van der Waals surface area contributed by atoms with Crippen LogP contribution in [0.5, 0.6) is 0 Å². The highest BCUT2D eigenvalue weighted by atomic mass is 16.5. The highest BCUT2D eigenvalue weighted by Crippen LogP contribution is 2.44. The zero-order chi connectivity index (χ0) is 20.4. The van der Waals surface area contributed by atoms with Crippen LogP contribution in [0.25, 0.3) is 11.1 Å². The monoisotopic (exact) mass is 392 g/mol. The van der Waals surface area contributed by atoms with Gasteiger partial charge in [-0.25, -0.2) is 14.3 Å². The normalized spacial score (nSPS) is 13.4. The van der Waals surface area contributed by atoms with Crippen molar-refractivity contribution in [3.63, 3.8) is 0 Å². The molecule has 1 amide bonds. The lowest BCUT2D eigenvalue weighted by Crippen LogP contribution is -2.36. The number of alkyl carbamates (subject to hydrolysis) is 1. The fourth-order valence-electron chi connectivity index (χ4n) is 3.65. The molecule has 0 bridgehead atoms. The van der Waals surface area contributed by atoms with E-state index in [2.05, 4.69) is 39.9 Å². The number of carboxylic acid groups (broad SMARTS) is 1. The van der Waals surface area contributed by atoms with Crippen LogP contribution in [0.1, 0.15) is 34.5 Å². The highest BCUT2D eigenvalue weighted by Gasteiger charge is 2.29. The average Bonchev–Trinajstić information content (AvgIpc) is 3.29. The molecule has 1 aromatic heterocycles. The quantitative estimate of drug-likeness (QED) is 0.668. The summed E-state index contributed by atoms with van der Waals surface area (Å²) in [5, 5.41) is 18.9. The van der Waals surface area contributed by atoms with Gasteiger partial charge in [-0.15, -0.1) is 5.10 Å². The molecule has 0 aliphatic heterocycles. The largest absolute Gasteiger partial charge is 0.476 e. The minimum atomic E-state index is -1.15. The first-order valence-corrected chi connectivity index (χ1v) is 9.28. The Kier molecular flexibility index (Phi) is 4.99. The Bertz CT molecular complexity index is 1020. The van der Waals surface area contributed by atoms with Crippen molar-refractivity contribution >= 4 is 12.1 Å². The van der Waals surface area contributed by atoms with Crippen molar-refractivity contribution in [3.05, 3.63) is 71.5 Å². The Morgan fingerprint density at radius 3 is 2.34 bits per heavy atom. The van der Waals surface area contributed by atoms with E-state index in [0.29, 0.717) is 0 Å². The van der Waals surface area contributed by atoms with Crippen LogP contribution < -0.4 is 5.32 Å². The summed E-state index contributed by atoms with van der Waals surface area (Å²) in [6.45, 7) is 2.30. The van der Waals surface area contributed by atoms with Gasteiger partial charge in [-0.2, -0.15) is 0 Å². The summed E-state index contributed by atoms with van der Waals surface area (Å²) in [5.74, 6) is -1.15. The van der Waals surface area contributed by atoms with E-state index in [1.54, 1.807) is 6.92 Å². The van der Waals surface area contributed by atoms with Gasteiger partial charge in [-0.1, -0.05) is 53.7 Å². The summed E-state index contributed by atoms with van der Waals surface area (Å²) in [7, 11) is 0. The number of ether oxygens (including phenoxy) is 1. The third-order valence-electron chi connectivity index (χ3n) is 4.93. The number of hydrogen-bond donors (Lipinski definition) is 2. The minimum absolute atomic E-state index is 0.00287. The lowest BCUT2D eigenvalue weighted by atomic mass is 9.98. The molecule has 4 rings (SSSR count). The lowest BCUT2D eigenvalue weighted by molar-refractivity contribution is 0.0690. The van der Waals surface area contributed by atoms with Crippen LogP contribution in [0.15, 0.2) is 54.7 Å². The van der Waals surface area contributed by atoms with Crippen molar-refractivity contribution in [2.24, 2.45) is 0 Å². The summed E-state index contributed by atoms with van der Waals surface area (Å²) in [5.41, 5.74) is 4.51. The van der Waals surface area contributed by atoms with E-state index in [1.807, 2.05) is 24.3 Å². The molecule has 0 saturated heterocycles. The first kappa shape index (κ1) is 18.7. The molecule has 2 aromatic carbocycles. The highest BCUT2D eigenvalue weighted by molar-refractivity contribution is 5.84. The summed E-state index contributed by atoms with van der Waals surface area (Å²) < 4.78 is 6.87. The van der Waals surface area contributed by atoms with Crippen molar-refractivity contribution in [3.8, 4) is 11.1 Å². The first-order valence-electron chi connectivity index (χ1n) is 9.28. The zero-order valence-electron chi connectivity index (χ0n) is 15.8. The summed E-state index contributed by atoms with van der Waals surface area (Å²) in [6, 6.07) is 16.0. The fraction of sp³-hybridized carbons (Fsp3) is 0.238. The van der Waals surface area contributed by atoms with Crippen molar-refractivity contribution in [1.29, 1.82) is 0 Å². The molecule has 0 unspecified atom stereocenters. The Morgan fingerprint density at radius 2 is 1.76 bits per heavy atom. The van der Waals surface area contributed by atoms with Crippen molar-refractivity contribution < 1.29 is 19.4 Å². The number of aromatic carboxylic acids is 1. The number of aromatic nitrogens is 3. The van der Waals surface area contributed by atoms with E-state index in [1.165, 1.54) is 22.0 Å². The smallest absolute Gasteiger partial charge is 0.407 e. The van der Waals surface area contributed by atoms with Crippen LogP contribution in [0.3, 0.4) is 0 Å². The SMILES string of the molecule is C[C@@H](Cn1cc(C(=O)O)nn1)NC(=O)OCC1c2ccccc2-c2ccccc21. The molecule has 0 spiro atoms. The fourth-order valence-corrected chi connectivity index (χ4v) is 3.65. The Balaban J connectivity index is 1.36. The summed E-state index contributed by atoms with van der Waals surface area (Å²) in [6.07, 6.45) is 0.788. The third kappa shape index (κ3) is 3.82. The van der Waals surface area contributed by atoms with Gasteiger partial charge in [0.05, 0.1) is 12.7 Å². The number of nitrogens with one attached hydrogen (secondary N) is 1. The number of benzene rings is 2. The molecular formula is C21H20N4O4. The van der Waals surface area contributed by atoms with Crippen molar-refractivity contribution in [1.82, 2.24) is 20.3 Å². The minimum Gasteiger partial charge on any atom is -0.476 e. The predicted molar refractivity (Wildman–Crippen MR) is 105 cm³/mol. The first-order chi connectivity index (χ1) is 14.0. The molecule has 1 aliphatic carbocycles. The number of rotatable bonds is 6. The van der Waals surface area contributed by atoms with Gasteiger partial charge in [0.2, 0.25) is 0 Å². The summed E-state index contributed by atoms with van der Waals surface area (Å²) >= 11 is 0. The number of amides is 1.